The zero-order chi connectivity index (χ0) is 12.4. The van der Waals surface area contributed by atoms with Gasteiger partial charge in [0, 0.05) is 25.1 Å². The van der Waals surface area contributed by atoms with E-state index in [9.17, 15) is 9.59 Å². The van der Waals surface area contributed by atoms with Gasteiger partial charge in [0.25, 0.3) is 0 Å². The first-order valence-corrected chi connectivity index (χ1v) is 5.08. The maximum atomic E-state index is 11.7. The molecule has 1 unspecified atom stereocenters. The van der Waals surface area contributed by atoms with Crippen LogP contribution in [0.4, 0.5) is 5.82 Å². The molecule has 0 radical (unpaired) electrons. The second kappa shape index (κ2) is 4.26. The molecule has 2 heterocycles. The number of rotatable bonds is 2. The SMILES string of the molecule is C#CC1CC(=O)N(c2ncccc2C(=O)O)C1. The van der Waals surface area contributed by atoms with Crippen LogP contribution < -0.4 is 4.90 Å². The molecule has 0 aliphatic carbocycles. The second-order valence-electron chi connectivity index (χ2n) is 3.75. The van der Waals surface area contributed by atoms with Crippen molar-refractivity contribution in [3.8, 4) is 12.3 Å². The molecule has 1 aromatic heterocycles. The number of nitrogens with zero attached hydrogens (tertiary/aromatic N) is 2. The smallest absolute Gasteiger partial charge is 0.339 e. The highest BCUT2D eigenvalue weighted by molar-refractivity contribution is 6.02. The molecule has 5 nitrogen and oxygen atoms in total. The number of carbonyl (C=O) groups excluding carboxylic acids is 1. The number of hydrogen-bond acceptors (Lipinski definition) is 3. The Kier molecular flexibility index (Phi) is 2.79. The minimum absolute atomic E-state index is 0.0125. The van der Waals surface area contributed by atoms with Crippen molar-refractivity contribution >= 4 is 17.7 Å². The molecule has 5 heteroatoms. The van der Waals surface area contributed by atoms with Gasteiger partial charge in [-0.15, -0.1) is 12.3 Å². The number of anilines is 1. The van der Waals surface area contributed by atoms with Gasteiger partial charge in [0.1, 0.15) is 11.4 Å². The van der Waals surface area contributed by atoms with Crippen molar-refractivity contribution in [3.63, 3.8) is 0 Å². The quantitative estimate of drug-likeness (QED) is 0.762. The van der Waals surface area contributed by atoms with Gasteiger partial charge in [-0.1, -0.05) is 0 Å². The van der Waals surface area contributed by atoms with Gasteiger partial charge in [-0.3, -0.25) is 9.69 Å². The molecule has 0 bridgehead atoms. The van der Waals surface area contributed by atoms with Gasteiger partial charge >= 0.3 is 5.97 Å². The van der Waals surface area contributed by atoms with E-state index in [2.05, 4.69) is 10.9 Å². The fourth-order valence-electron chi connectivity index (χ4n) is 1.80. The van der Waals surface area contributed by atoms with Crippen molar-refractivity contribution in [2.45, 2.75) is 6.42 Å². The predicted molar refractivity (Wildman–Crippen MR) is 60.5 cm³/mol. The van der Waals surface area contributed by atoms with Gasteiger partial charge in [0.05, 0.1) is 0 Å². The summed E-state index contributed by atoms with van der Waals surface area (Å²) in [6.45, 7) is 0.326. The summed E-state index contributed by atoms with van der Waals surface area (Å²) in [7, 11) is 0. The zero-order valence-corrected chi connectivity index (χ0v) is 8.96. The van der Waals surface area contributed by atoms with E-state index in [0.29, 0.717) is 6.54 Å². The normalized spacial score (nSPS) is 19.1. The van der Waals surface area contributed by atoms with Crippen LogP contribution in [0.15, 0.2) is 18.3 Å². The number of aromatic nitrogens is 1. The molecular formula is C12H10N2O3. The molecule has 0 saturated carbocycles. The summed E-state index contributed by atoms with van der Waals surface area (Å²) in [6.07, 6.45) is 6.97. The summed E-state index contributed by atoms with van der Waals surface area (Å²) in [5, 5.41) is 9.02. The van der Waals surface area contributed by atoms with Crippen LogP contribution in [0.5, 0.6) is 0 Å². The lowest BCUT2D eigenvalue weighted by Gasteiger charge is -2.16. The van der Waals surface area contributed by atoms with Crippen molar-refractivity contribution < 1.29 is 14.7 Å². The van der Waals surface area contributed by atoms with Crippen LogP contribution in [-0.4, -0.2) is 28.5 Å². The standard InChI is InChI=1S/C12H10N2O3/c1-2-8-6-10(15)14(7-8)11-9(12(16)17)4-3-5-13-11/h1,3-5,8H,6-7H2,(H,16,17). The highest BCUT2D eigenvalue weighted by atomic mass is 16.4. The molecule has 1 aliphatic heterocycles. The Morgan fingerprint density at radius 1 is 1.65 bits per heavy atom. The van der Waals surface area contributed by atoms with E-state index in [4.69, 9.17) is 11.5 Å². The molecule has 0 spiro atoms. The predicted octanol–water partition coefficient (Wildman–Crippen LogP) is 0.766. The zero-order valence-electron chi connectivity index (χ0n) is 8.96. The maximum absolute atomic E-state index is 11.7. The van der Waals surface area contributed by atoms with Crippen LogP contribution >= 0.6 is 0 Å². The van der Waals surface area contributed by atoms with Gasteiger partial charge in [0.2, 0.25) is 5.91 Å². The Bertz CT molecular complexity index is 519. The molecule has 1 atom stereocenters. The minimum atomic E-state index is -1.11. The average molecular weight is 230 g/mol. The number of amides is 1. The number of carbonyl (C=O) groups is 2. The van der Waals surface area contributed by atoms with Gasteiger partial charge in [-0.2, -0.15) is 0 Å². The van der Waals surface area contributed by atoms with E-state index in [0.717, 1.165) is 0 Å². The van der Waals surface area contributed by atoms with Crippen molar-refractivity contribution in [1.29, 1.82) is 0 Å². The lowest BCUT2D eigenvalue weighted by atomic mass is 10.1. The van der Waals surface area contributed by atoms with Crippen LogP contribution in [0.1, 0.15) is 16.8 Å². The first-order chi connectivity index (χ1) is 8.13. The number of hydrogen-bond donors (Lipinski definition) is 1. The molecule has 0 aromatic carbocycles. The van der Waals surface area contributed by atoms with Crippen LogP contribution in [0.25, 0.3) is 0 Å². The molecule has 1 aromatic rings. The Morgan fingerprint density at radius 3 is 3.00 bits per heavy atom. The fourth-order valence-corrected chi connectivity index (χ4v) is 1.80. The molecule has 1 saturated heterocycles. The lowest BCUT2D eigenvalue weighted by molar-refractivity contribution is -0.117. The summed E-state index contributed by atoms with van der Waals surface area (Å²) >= 11 is 0. The summed E-state index contributed by atoms with van der Waals surface area (Å²) in [6, 6.07) is 2.94. The van der Waals surface area contributed by atoms with Crippen molar-refractivity contribution in [1.82, 2.24) is 4.98 Å². The van der Waals surface area contributed by atoms with E-state index in [1.54, 1.807) is 0 Å². The van der Waals surface area contributed by atoms with Crippen LogP contribution in [0.2, 0.25) is 0 Å². The number of carboxylic acids is 1. The minimum Gasteiger partial charge on any atom is -0.478 e. The Hall–Kier alpha value is -2.35. The molecule has 2 rings (SSSR count). The van der Waals surface area contributed by atoms with Gasteiger partial charge in [-0.05, 0) is 12.1 Å². The fraction of sp³-hybridized carbons (Fsp3) is 0.250. The molecule has 86 valence electrons. The largest absolute Gasteiger partial charge is 0.478 e. The Labute approximate surface area is 98.1 Å². The number of pyridine rings is 1. The number of carboxylic acid groups (broad SMARTS) is 1. The van der Waals surface area contributed by atoms with Crippen LogP contribution in [0, 0.1) is 18.3 Å². The summed E-state index contributed by atoms with van der Waals surface area (Å²) in [4.78, 5) is 28.0. The summed E-state index contributed by atoms with van der Waals surface area (Å²) in [5.74, 6) is 1.21. The van der Waals surface area contributed by atoms with E-state index in [1.807, 2.05) is 0 Å². The summed E-state index contributed by atoms with van der Waals surface area (Å²) in [5.41, 5.74) is 0.0125. The first kappa shape index (κ1) is 11.1. The summed E-state index contributed by atoms with van der Waals surface area (Å²) < 4.78 is 0. The maximum Gasteiger partial charge on any atom is 0.339 e. The molecular weight excluding hydrogens is 220 g/mol. The van der Waals surface area contributed by atoms with Crippen molar-refractivity contribution in [2.24, 2.45) is 5.92 Å². The monoisotopic (exact) mass is 230 g/mol. The highest BCUT2D eigenvalue weighted by Gasteiger charge is 2.32. The van der Waals surface area contributed by atoms with Crippen molar-refractivity contribution in [3.05, 3.63) is 23.9 Å². The van der Waals surface area contributed by atoms with E-state index < -0.39 is 5.97 Å². The van der Waals surface area contributed by atoms with Crippen molar-refractivity contribution in [2.75, 3.05) is 11.4 Å². The van der Waals surface area contributed by atoms with Gasteiger partial charge in [-0.25, -0.2) is 9.78 Å². The van der Waals surface area contributed by atoms with E-state index in [-0.39, 0.29) is 29.6 Å². The van der Waals surface area contributed by atoms with Crippen LogP contribution in [0.3, 0.4) is 0 Å². The molecule has 1 amide bonds. The molecule has 1 N–H and O–H groups in total. The topological polar surface area (TPSA) is 70.5 Å². The highest BCUT2D eigenvalue weighted by Crippen LogP contribution is 2.25. The Balaban J connectivity index is 2.39. The van der Waals surface area contributed by atoms with E-state index in [1.165, 1.54) is 23.2 Å². The number of terminal acetylenes is 1. The molecule has 17 heavy (non-hydrogen) atoms. The third-order valence-electron chi connectivity index (χ3n) is 2.63. The third kappa shape index (κ3) is 1.97. The third-order valence-corrected chi connectivity index (χ3v) is 2.63. The molecule has 1 fully saturated rings. The average Bonchev–Trinajstić information content (AvgIpc) is 2.70. The Morgan fingerprint density at radius 2 is 2.41 bits per heavy atom. The van der Waals surface area contributed by atoms with Gasteiger partial charge in [0.15, 0.2) is 0 Å². The second-order valence-corrected chi connectivity index (χ2v) is 3.75. The first-order valence-electron chi connectivity index (χ1n) is 5.08. The van der Waals surface area contributed by atoms with Gasteiger partial charge < -0.3 is 5.11 Å². The van der Waals surface area contributed by atoms with E-state index >= 15 is 0 Å². The van der Waals surface area contributed by atoms with Crippen LogP contribution in [-0.2, 0) is 4.79 Å². The molecule has 1 aliphatic rings. The number of aromatic carboxylic acids is 1. The lowest BCUT2D eigenvalue weighted by Crippen LogP contribution is -2.27.